The first-order valence-corrected chi connectivity index (χ1v) is 13.0. The maximum atomic E-state index is 13.5. The normalized spacial score (nSPS) is 20.8. The monoisotopic (exact) mass is 507 g/mol. The predicted octanol–water partition coefficient (Wildman–Crippen LogP) is 5.91. The van der Waals surface area contributed by atoms with Crippen molar-refractivity contribution in [1.82, 2.24) is 20.1 Å². The lowest BCUT2D eigenvalue weighted by Gasteiger charge is -2.37. The van der Waals surface area contributed by atoms with Crippen molar-refractivity contribution in [3.05, 3.63) is 113 Å². The minimum Gasteiger partial charge on any atom is -0.383 e. The first-order chi connectivity index (χ1) is 18.4. The maximum Gasteiger partial charge on any atom is 0.255 e. The molecule has 4 aromatic rings. The second-order valence-electron chi connectivity index (χ2n) is 10.6. The number of pyridine rings is 1. The van der Waals surface area contributed by atoms with Gasteiger partial charge in [-0.2, -0.15) is 5.10 Å². The Morgan fingerprint density at radius 1 is 1.16 bits per heavy atom. The number of aromatic nitrogens is 3. The molecule has 192 valence electrons. The number of hydrogen-bond acceptors (Lipinski definition) is 4. The van der Waals surface area contributed by atoms with Crippen molar-refractivity contribution >= 4 is 17.8 Å². The molecule has 3 N–H and O–H groups in total. The molecule has 0 radical (unpaired) electrons. The van der Waals surface area contributed by atoms with Crippen LogP contribution in [-0.2, 0) is 6.42 Å². The summed E-state index contributed by atoms with van der Waals surface area (Å²) in [6, 6.07) is 19.9. The minimum absolute atomic E-state index is 0.0330. The van der Waals surface area contributed by atoms with Gasteiger partial charge in [-0.3, -0.25) is 4.79 Å². The van der Waals surface area contributed by atoms with E-state index in [9.17, 15) is 9.18 Å². The summed E-state index contributed by atoms with van der Waals surface area (Å²) in [5, 5.41) is 7.90. The lowest BCUT2D eigenvalue weighted by Crippen LogP contribution is -2.35. The average Bonchev–Trinajstić information content (AvgIpc) is 3.47. The highest BCUT2D eigenvalue weighted by atomic mass is 19.1. The van der Waals surface area contributed by atoms with Crippen LogP contribution in [0.5, 0.6) is 0 Å². The van der Waals surface area contributed by atoms with Gasteiger partial charge in [0.2, 0.25) is 0 Å². The number of allylic oxidation sites excluding steroid dienone is 1. The molecule has 0 spiro atoms. The molecule has 0 bridgehead atoms. The molecule has 0 aliphatic heterocycles. The molecule has 2 aromatic carbocycles. The summed E-state index contributed by atoms with van der Waals surface area (Å²) in [5.74, 6) is 0.126. The molecule has 1 amide bonds. The van der Waals surface area contributed by atoms with Crippen LogP contribution in [0.25, 0.3) is 11.8 Å². The molecule has 1 saturated carbocycles. The third-order valence-electron chi connectivity index (χ3n) is 8.33. The van der Waals surface area contributed by atoms with Crippen LogP contribution in [0.3, 0.4) is 0 Å². The Morgan fingerprint density at radius 3 is 2.71 bits per heavy atom. The molecule has 2 aromatic heterocycles. The van der Waals surface area contributed by atoms with Gasteiger partial charge in [0.05, 0.1) is 29.2 Å². The Bertz CT molecular complexity index is 1510. The lowest BCUT2D eigenvalue weighted by molar-refractivity contribution is 0.0924. The highest BCUT2D eigenvalue weighted by molar-refractivity contribution is 5.98. The number of hydrogen-bond donors (Lipinski definition) is 2. The van der Waals surface area contributed by atoms with E-state index in [-0.39, 0.29) is 29.0 Å². The fraction of sp³-hybridized carbons (Fsp3) is 0.258. The first kappa shape index (κ1) is 24.1. The van der Waals surface area contributed by atoms with E-state index in [1.807, 2.05) is 29.1 Å². The van der Waals surface area contributed by atoms with E-state index < -0.39 is 0 Å². The standard InChI is InChI=1S/C31H30FN5O/c1-31-18-21-19-35-37(25-13-11-24(32)12-14-25)28(21)17-23(31)10-9-22(31)16-27(20-6-3-2-4-7-20)36-30(38)26-8-5-15-34-29(26)33/h2-8,11-15,17,19,22,27H,9-10,16,18H2,1H3,(H2,33,34)(H,36,38)/t22-,27?,31-/m1/s1. The van der Waals surface area contributed by atoms with Crippen molar-refractivity contribution in [2.24, 2.45) is 11.3 Å². The van der Waals surface area contributed by atoms with Gasteiger partial charge in [-0.1, -0.05) is 42.8 Å². The molecule has 2 aliphatic carbocycles. The molecular formula is C31H30FN5O. The molecule has 0 saturated heterocycles. The van der Waals surface area contributed by atoms with E-state index >= 15 is 0 Å². The number of nitrogens with zero attached hydrogens (tertiary/aromatic N) is 3. The van der Waals surface area contributed by atoms with Gasteiger partial charge in [0.25, 0.3) is 5.91 Å². The fourth-order valence-electron chi connectivity index (χ4n) is 6.19. The third kappa shape index (κ3) is 4.28. The zero-order valence-electron chi connectivity index (χ0n) is 21.3. The van der Waals surface area contributed by atoms with Crippen LogP contribution in [0.1, 0.15) is 59.4 Å². The van der Waals surface area contributed by atoms with Gasteiger partial charge < -0.3 is 11.1 Å². The van der Waals surface area contributed by atoms with Crippen LogP contribution in [0.2, 0.25) is 0 Å². The van der Waals surface area contributed by atoms with Crippen LogP contribution in [0.4, 0.5) is 10.2 Å². The smallest absolute Gasteiger partial charge is 0.255 e. The lowest BCUT2D eigenvalue weighted by atomic mass is 9.68. The predicted molar refractivity (Wildman–Crippen MR) is 146 cm³/mol. The topological polar surface area (TPSA) is 85.8 Å². The first-order valence-electron chi connectivity index (χ1n) is 13.0. The minimum atomic E-state index is -0.259. The summed E-state index contributed by atoms with van der Waals surface area (Å²) in [6.45, 7) is 2.34. The van der Waals surface area contributed by atoms with E-state index in [1.54, 1.807) is 30.5 Å². The Morgan fingerprint density at radius 2 is 1.95 bits per heavy atom. The number of halogens is 1. The SMILES string of the molecule is C[C@]12Cc3cnn(-c4ccc(F)cc4)c3C=C1CC[C@@H]2CC(NC(=O)c1cccnc1N)c1ccccc1. The van der Waals surface area contributed by atoms with E-state index in [4.69, 9.17) is 5.73 Å². The van der Waals surface area contributed by atoms with Gasteiger partial charge in [0, 0.05) is 6.20 Å². The summed E-state index contributed by atoms with van der Waals surface area (Å²) < 4.78 is 15.4. The van der Waals surface area contributed by atoms with Crippen LogP contribution in [0.15, 0.2) is 84.7 Å². The summed E-state index contributed by atoms with van der Waals surface area (Å²) in [7, 11) is 0. The molecule has 6 rings (SSSR count). The zero-order chi connectivity index (χ0) is 26.3. The summed E-state index contributed by atoms with van der Waals surface area (Å²) in [6.07, 6.45) is 9.54. The molecular weight excluding hydrogens is 477 g/mol. The van der Waals surface area contributed by atoms with Crippen LogP contribution >= 0.6 is 0 Å². The van der Waals surface area contributed by atoms with E-state index in [1.165, 1.54) is 23.3 Å². The van der Waals surface area contributed by atoms with Crippen molar-refractivity contribution in [3.63, 3.8) is 0 Å². The van der Waals surface area contributed by atoms with E-state index in [0.29, 0.717) is 11.5 Å². The maximum absolute atomic E-state index is 13.5. The van der Waals surface area contributed by atoms with Crippen molar-refractivity contribution < 1.29 is 9.18 Å². The number of carbonyl (C=O) groups excluding carboxylic acids is 1. The van der Waals surface area contributed by atoms with Gasteiger partial charge in [-0.05, 0) is 90.6 Å². The fourth-order valence-corrected chi connectivity index (χ4v) is 6.19. The summed E-state index contributed by atoms with van der Waals surface area (Å²) in [5.41, 5.74) is 12.0. The Hall–Kier alpha value is -4.26. The van der Waals surface area contributed by atoms with Gasteiger partial charge in [-0.25, -0.2) is 14.1 Å². The number of benzene rings is 2. The van der Waals surface area contributed by atoms with Crippen LogP contribution in [-0.4, -0.2) is 20.7 Å². The van der Waals surface area contributed by atoms with Gasteiger partial charge in [-0.15, -0.1) is 0 Å². The average molecular weight is 508 g/mol. The molecule has 1 unspecified atom stereocenters. The summed E-state index contributed by atoms with van der Waals surface area (Å²) in [4.78, 5) is 17.3. The number of carbonyl (C=O) groups is 1. The number of fused-ring (bicyclic) bond motifs is 2. The largest absolute Gasteiger partial charge is 0.383 e. The second kappa shape index (κ2) is 9.56. The van der Waals surface area contributed by atoms with Gasteiger partial charge in [0.15, 0.2) is 0 Å². The molecule has 38 heavy (non-hydrogen) atoms. The van der Waals surface area contributed by atoms with Crippen molar-refractivity contribution in [3.8, 4) is 5.69 Å². The Labute approximate surface area is 221 Å². The number of anilines is 1. The molecule has 1 fully saturated rings. The van der Waals surface area contributed by atoms with Gasteiger partial charge in [0.1, 0.15) is 11.6 Å². The van der Waals surface area contributed by atoms with Crippen molar-refractivity contribution in [2.75, 3.05) is 5.73 Å². The van der Waals surface area contributed by atoms with Gasteiger partial charge >= 0.3 is 0 Å². The third-order valence-corrected chi connectivity index (χ3v) is 8.33. The highest BCUT2D eigenvalue weighted by Gasteiger charge is 2.46. The van der Waals surface area contributed by atoms with Crippen molar-refractivity contribution in [2.45, 2.75) is 38.6 Å². The van der Waals surface area contributed by atoms with Crippen LogP contribution in [0, 0.1) is 17.2 Å². The van der Waals surface area contributed by atoms with E-state index in [2.05, 4.69) is 40.5 Å². The molecule has 2 heterocycles. The van der Waals surface area contributed by atoms with Crippen LogP contribution < -0.4 is 11.1 Å². The Kier molecular flexibility index (Phi) is 6.06. The Balaban J connectivity index is 1.28. The summed E-state index contributed by atoms with van der Waals surface area (Å²) >= 11 is 0. The number of nitrogens with one attached hydrogen (secondary N) is 1. The number of nitrogens with two attached hydrogens (primary N) is 1. The number of rotatable bonds is 6. The van der Waals surface area contributed by atoms with Crippen molar-refractivity contribution in [1.29, 1.82) is 0 Å². The molecule has 7 heteroatoms. The molecule has 2 aliphatic rings. The number of nitrogen functional groups attached to an aromatic ring is 1. The quantitative estimate of drug-likeness (QED) is 0.340. The molecule has 3 atom stereocenters. The zero-order valence-corrected chi connectivity index (χ0v) is 21.3. The van der Waals surface area contributed by atoms with E-state index in [0.717, 1.165) is 42.6 Å². The highest BCUT2D eigenvalue weighted by Crippen LogP contribution is 2.55. The number of amides is 1. The second-order valence-corrected chi connectivity index (χ2v) is 10.6. The molecule has 6 nitrogen and oxygen atoms in total.